The number of aromatic nitrogens is 1. The second kappa shape index (κ2) is 7.53. The summed E-state index contributed by atoms with van der Waals surface area (Å²) in [4.78, 5) is 18.0. The second-order valence-corrected chi connectivity index (χ2v) is 7.18. The molecule has 6 heteroatoms. The van der Waals surface area contributed by atoms with E-state index in [-0.39, 0.29) is 24.7 Å². The van der Waals surface area contributed by atoms with Crippen molar-refractivity contribution in [1.29, 1.82) is 0 Å². The Hall–Kier alpha value is -0.980. The van der Waals surface area contributed by atoms with Crippen LogP contribution in [-0.4, -0.2) is 36.8 Å². The maximum Gasteiger partial charge on any atom is 0.246 e. The van der Waals surface area contributed by atoms with E-state index >= 15 is 0 Å². The van der Waals surface area contributed by atoms with Gasteiger partial charge in [-0.05, 0) is 45.4 Å². The monoisotopic (exact) mass is 324 g/mol. The van der Waals surface area contributed by atoms with Crippen LogP contribution >= 0.6 is 11.3 Å². The molecule has 5 nitrogen and oxygen atoms in total. The van der Waals surface area contributed by atoms with E-state index in [1.807, 2.05) is 6.92 Å². The molecule has 3 rings (SSSR count). The van der Waals surface area contributed by atoms with Crippen molar-refractivity contribution in [1.82, 2.24) is 10.3 Å². The number of ether oxygens (including phenoxy) is 2. The molecule has 0 spiro atoms. The quantitative estimate of drug-likeness (QED) is 0.873. The molecule has 2 atom stereocenters. The van der Waals surface area contributed by atoms with E-state index in [1.54, 1.807) is 11.3 Å². The number of amides is 1. The van der Waals surface area contributed by atoms with Gasteiger partial charge in [-0.1, -0.05) is 0 Å². The number of rotatable bonds is 6. The normalized spacial score (nSPS) is 22.3. The lowest BCUT2D eigenvalue weighted by Gasteiger charge is -2.13. The van der Waals surface area contributed by atoms with Gasteiger partial charge in [-0.15, -0.1) is 11.3 Å². The van der Waals surface area contributed by atoms with Crippen molar-refractivity contribution in [2.75, 3.05) is 19.8 Å². The Morgan fingerprint density at radius 1 is 1.45 bits per heavy atom. The minimum atomic E-state index is -0.0846. The van der Waals surface area contributed by atoms with Gasteiger partial charge < -0.3 is 14.8 Å². The maximum absolute atomic E-state index is 11.9. The zero-order valence-electron chi connectivity index (χ0n) is 13.1. The van der Waals surface area contributed by atoms with E-state index in [0.29, 0.717) is 6.61 Å². The minimum absolute atomic E-state index is 0.0468. The molecule has 0 aromatic carbocycles. The molecule has 2 aliphatic rings. The van der Waals surface area contributed by atoms with Crippen LogP contribution in [0.4, 0.5) is 0 Å². The van der Waals surface area contributed by atoms with Gasteiger partial charge in [0.05, 0.1) is 24.4 Å². The zero-order valence-corrected chi connectivity index (χ0v) is 13.9. The van der Waals surface area contributed by atoms with Crippen LogP contribution in [0.15, 0.2) is 0 Å². The number of thiazole rings is 1. The number of hydrogen-bond acceptors (Lipinski definition) is 5. The van der Waals surface area contributed by atoms with E-state index in [2.05, 4.69) is 5.32 Å². The van der Waals surface area contributed by atoms with Gasteiger partial charge in [0.15, 0.2) is 0 Å². The van der Waals surface area contributed by atoms with Crippen LogP contribution in [0.25, 0.3) is 0 Å². The summed E-state index contributed by atoms with van der Waals surface area (Å²) in [6.07, 6.45) is 6.99. The van der Waals surface area contributed by atoms with E-state index in [4.69, 9.17) is 14.5 Å². The standard InChI is InChI=1S/C16H24N2O3S/c1-11(16-18-13-6-2-3-7-14(13)22-16)17-15(19)10-20-9-12-5-4-8-21-12/h11-12H,2-10H2,1H3,(H,17,19)/t11-,12-/m1/s1. The van der Waals surface area contributed by atoms with Crippen molar-refractivity contribution < 1.29 is 14.3 Å². The molecule has 122 valence electrons. The van der Waals surface area contributed by atoms with Crippen LogP contribution in [0, 0.1) is 0 Å². The first-order valence-corrected chi connectivity index (χ1v) is 9.01. The highest BCUT2D eigenvalue weighted by molar-refractivity contribution is 7.11. The third-order valence-electron chi connectivity index (χ3n) is 4.17. The van der Waals surface area contributed by atoms with Crippen molar-refractivity contribution in [2.24, 2.45) is 0 Å². The molecular weight excluding hydrogens is 300 g/mol. The summed E-state index contributed by atoms with van der Waals surface area (Å²) >= 11 is 1.74. The molecule has 1 fully saturated rings. The van der Waals surface area contributed by atoms with Gasteiger partial charge in [0.1, 0.15) is 11.6 Å². The number of aryl methyl sites for hydroxylation is 2. The van der Waals surface area contributed by atoms with Gasteiger partial charge in [-0.2, -0.15) is 0 Å². The van der Waals surface area contributed by atoms with Crippen molar-refractivity contribution in [2.45, 2.75) is 57.6 Å². The highest BCUT2D eigenvalue weighted by Gasteiger charge is 2.20. The molecular formula is C16H24N2O3S. The van der Waals surface area contributed by atoms with Gasteiger partial charge in [-0.25, -0.2) is 4.98 Å². The van der Waals surface area contributed by atoms with Gasteiger partial charge >= 0.3 is 0 Å². The lowest BCUT2D eigenvalue weighted by atomic mass is 10.0. The van der Waals surface area contributed by atoms with Gasteiger partial charge in [0.2, 0.25) is 5.91 Å². The highest BCUT2D eigenvalue weighted by Crippen LogP contribution is 2.29. The molecule has 1 N–H and O–H groups in total. The summed E-state index contributed by atoms with van der Waals surface area (Å²) in [5, 5.41) is 3.99. The van der Waals surface area contributed by atoms with Crippen molar-refractivity contribution in [3.05, 3.63) is 15.6 Å². The Kier molecular flexibility index (Phi) is 5.44. The van der Waals surface area contributed by atoms with Crippen LogP contribution in [-0.2, 0) is 27.1 Å². The molecule has 1 amide bonds. The summed E-state index contributed by atoms with van der Waals surface area (Å²) in [7, 11) is 0. The van der Waals surface area contributed by atoms with Crippen molar-refractivity contribution >= 4 is 17.2 Å². The van der Waals surface area contributed by atoms with Crippen LogP contribution in [0.3, 0.4) is 0 Å². The number of carbonyl (C=O) groups is 1. The maximum atomic E-state index is 11.9. The third-order valence-corrected chi connectivity index (χ3v) is 5.51. The van der Waals surface area contributed by atoms with Crippen molar-refractivity contribution in [3.8, 4) is 0 Å². The topological polar surface area (TPSA) is 60.5 Å². The Labute approximate surface area is 135 Å². The van der Waals surface area contributed by atoms with Gasteiger partial charge in [0.25, 0.3) is 0 Å². The fourth-order valence-electron chi connectivity index (χ4n) is 2.96. The first-order valence-electron chi connectivity index (χ1n) is 8.19. The molecule has 22 heavy (non-hydrogen) atoms. The predicted octanol–water partition coefficient (Wildman–Crippen LogP) is 2.39. The van der Waals surface area contributed by atoms with Gasteiger partial charge in [-0.3, -0.25) is 4.79 Å². The van der Waals surface area contributed by atoms with Crippen molar-refractivity contribution in [3.63, 3.8) is 0 Å². The van der Waals surface area contributed by atoms with E-state index in [0.717, 1.165) is 37.3 Å². The number of fused-ring (bicyclic) bond motifs is 1. The van der Waals surface area contributed by atoms with Crippen LogP contribution < -0.4 is 5.32 Å². The van der Waals surface area contributed by atoms with Crippen LogP contribution in [0.1, 0.15) is 54.2 Å². The predicted molar refractivity (Wildman–Crippen MR) is 85.1 cm³/mol. The molecule has 0 radical (unpaired) electrons. The number of hydrogen-bond donors (Lipinski definition) is 1. The Morgan fingerprint density at radius 3 is 3.09 bits per heavy atom. The smallest absolute Gasteiger partial charge is 0.246 e. The average molecular weight is 324 g/mol. The Balaban J connectivity index is 1.43. The molecule has 1 aliphatic heterocycles. The highest BCUT2D eigenvalue weighted by atomic mass is 32.1. The summed E-state index contributed by atoms with van der Waals surface area (Å²) in [5.74, 6) is -0.0846. The molecule has 0 saturated carbocycles. The summed E-state index contributed by atoms with van der Waals surface area (Å²) in [6.45, 7) is 3.40. The molecule has 1 saturated heterocycles. The first kappa shape index (κ1) is 15.9. The number of carbonyl (C=O) groups excluding carboxylic acids is 1. The number of nitrogens with zero attached hydrogens (tertiary/aromatic N) is 1. The molecule has 0 unspecified atom stereocenters. The largest absolute Gasteiger partial charge is 0.376 e. The Morgan fingerprint density at radius 2 is 2.32 bits per heavy atom. The number of nitrogens with one attached hydrogen (secondary N) is 1. The van der Waals surface area contributed by atoms with Gasteiger partial charge in [0, 0.05) is 11.5 Å². The fraction of sp³-hybridized carbons (Fsp3) is 0.750. The molecule has 2 heterocycles. The lowest BCUT2D eigenvalue weighted by Crippen LogP contribution is -2.31. The third kappa shape index (κ3) is 4.06. The molecule has 0 bridgehead atoms. The lowest BCUT2D eigenvalue weighted by molar-refractivity contribution is -0.127. The summed E-state index contributed by atoms with van der Waals surface area (Å²) in [5.41, 5.74) is 1.24. The molecule has 1 aliphatic carbocycles. The molecule has 1 aromatic rings. The second-order valence-electron chi connectivity index (χ2n) is 6.07. The SMILES string of the molecule is C[C@@H](NC(=O)COC[C@H]1CCCO1)c1nc2c(s1)CCCC2. The Bertz CT molecular complexity index is 488. The van der Waals surface area contributed by atoms with E-state index < -0.39 is 0 Å². The molecule has 1 aromatic heterocycles. The van der Waals surface area contributed by atoms with E-state index in [9.17, 15) is 4.79 Å². The van der Waals surface area contributed by atoms with E-state index in [1.165, 1.54) is 23.4 Å². The fourth-order valence-corrected chi connectivity index (χ4v) is 4.12. The summed E-state index contributed by atoms with van der Waals surface area (Å²) < 4.78 is 10.9. The van der Waals surface area contributed by atoms with Crippen LogP contribution in [0.2, 0.25) is 0 Å². The average Bonchev–Trinajstić information content (AvgIpc) is 3.16. The first-order chi connectivity index (χ1) is 10.7. The zero-order chi connectivity index (χ0) is 15.4. The minimum Gasteiger partial charge on any atom is -0.376 e. The summed E-state index contributed by atoms with van der Waals surface area (Å²) in [6, 6.07) is -0.0468. The van der Waals surface area contributed by atoms with Crippen LogP contribution in [0.5, 0.6) is 0 Å².